The Labute approximate surface area is 133 Å². The standard InChI is InChI=1S/C18H27N3O/c22-18(20-16-8-4-3-5-9-16)15-10-11-17(19-14-15)21-12-6-1-2-7-13-21/h10-11,14,16H,1-9,12-13H2,(H,20,22). The molecule has 120 valence electrons. The van der Waals surface area contributed by atoms with Crippen LogP contribution in [0.5, 0.6) is 0 Å². The van der Waals surface area contributed by atoms with Crippen LogP contribution in [0, 0.1) is 0 Å². The molecule has 1 N–H and O–H groups in total. The molecule has 0 radical (unpaired) electrons. The third kappa shape index (κ3) is 3.99. The average Bonchev–Trinajstić information content (AvgIpc) is 2.85. The minimum Gasteiger partial charge on any atom is -0.357 e. The van der Waals surface area contributed by atoms with Gasteiger partial charge in [-0.15, -0.1) is 0 Å². The van der Waals surface area contributed by atoms with Gasteiger partial charge in [-0.05, 0) is 37.8 Å². The van der Waals surface area contributed by atoms with Gasteiger partial charge in [0.05, 0.1) is 5.56 Å². The predicted molar refractivity (Wildman–Crippen MR) is 89.3 cm³/mol. The number of anilines is 1. The second-order valence-electron chi connectivity index (χ2n) is 6.61. The lowest BCUT2D eigenvalue weighted by atomic mass is 9.95. The summed E-state index contributed by atoms with van der Waals surface area (Å²) in [7, 11) is 0. The molecule has 1 aromatic rings. The van der Waals surface area contributed by atoms with Crippen molar-refractivity contribution in [3.63, 3.8) is 0 Å². The van der Waals surface area contributed by atoms with E-state index in [4.69, 9.17) is 0 Å². The number of hydrogen-bond acceptors (Lipinski definition) is 3. The summed E-state index contributed by atoms with van der Waals surface area (Å²) in [5.74, 6) is 1.04. The highest BCUT2D eigenvalue weighted by molar-refractivity contribution is 5.94. The summed E-state index contributed by atoms with van der Waals surface area (Å²) in [4.78, 5) is 19.2. The van der Waals surface area contributed by atoms with Gasteiger partial charge in [-0.3, -0.25) is 4.79 Å². The fraction of sp³-hybridized carbons (Fsp3) is 0.667. The highest BCUT2D eigenvalue weighted by Gasteiger charge is 2.17. The largest absolute Gasteiger partial charge is 0.357 e. The van der Waals surface area contributed by atoms with Gasteiger partial charge in [0, 0.05) is 25.3 Å². The molecule has 1 saturated carbocycles. The number of aromatic nitrogens is 1. The van der Waals surface area contributed by atoms with Crippen LogP contribution in [0.25, 0.3) is 0 Å². The molecule has 4 nitrogen and oxygen atoms in total. The Balaban J connectivity index is 1.59. The van der Waals surface area contributed by atoms with Crippen LogP contribution in [0.1, 0.15) is 68.1 Å². The van der Waals surface area contributed by atoms with Gasteiger partial charge in [-0.1, -0.05) is 32.1 Å². The van der Waals surface area contributed by atoms with E-state index in [1.807, 2.05) is 12.1 Å². The van der Waals surface area contributed by atoms with Gasteiger partial charge in [0.2, 0.25) is 0 Å². The maximum absolute atomic E-state index is 12.3. The molecule has 0 unspecified atom stereocenters. The van der Waals surface area contributed by atoms with Gasteiger partial charge in [0.1, 0.15) is 5.82 Å². The number of nitrogens with zero attached hydrogens (tertiary/aromatic N) is 2. The first-order valence-electron chi connectivity index (χ1n) is 8.85. The Kier molecular flexibility index (Phi) is 5.30. The molecule has 22 heavy (non-hydrogen) atoms. The minimum atomic E-state index is 0.0295. The van der Waals surface area contributed by atoms with Gasteiger partial charge in [0.15, 0.2) is 0 Å². The van der Waals surface area contributed by atoms with Gasteiger partial charge in [-0.2, -0.15) is 0 Å². The minimum absolute atomic E-state index is 0.0295. The van der Waals surface area contributed by atoms with Crippen LogP contribution in [0.3, 0.4) is 0 Å². The summed E-state index contributed by atoms with van der Waals surface area (Å²) >= 11 is 0. The van der Waals surface area contributed by atoms with Crippen molar-refractivity contribution in [1.82, 2.24) is 10.3 Å². The average molecular weight is 301 g/mol. The smallest absolute Gasteiger partial charge is 0.253 e. The van der Waals surface area contributed by atoms with Crippen LogP contribution in [0.2, 0.25) is 0 Å². The summed E-state index contributed by atoms with van der Waals surface area (Å²) in [6.45, 7) is 2.17. The molecule has 4 heteroatoms. The molecular weight excluding hydrogens is 274 g/mol. The van der Waals surface area contributed by atoms with E-state index in [1.54, 1.807) is 6.20 Å². The molecule has 1 aliphatic carbocycles. The molecule has 2 fully saturated rings. The SMILES string of the molecule is O=C(NC1CCCCC1)c1ccc(N2CCCCCC2)nc1. The fourth-order valence-electron chi connectivity index (χ4n) is 3.52. The van der Waals surface area contributed by atoms with E-state index in [1.165, 1.54) is 44.9 Å². The van der Waals surface area contributed by atoms with Crippen LogP contribution in [0.15, 0.2) is 18.3 Å². The Hall–Kier alpha value is -1.58. The van der Waals surface area contributed by atoms with Crippen molar-refractivity contribution in [3.05, 3.63) is 23.9 Å². The van der Waals surface area contributed by atoms with Crippen molar-refractivity contribution in [2.75, 3.05) is 18.0 Å². The summed E-state index contributed by atoms with van der Waals surface area (Å²) < 4.78 is 0. The lowest BCUT2D eigenvalue weighted by Gasteiger charge is -2.23. The molecular formula is C18H27N3O. The lowest BCUT2D eigenvalue weighted by molar-refractivity contribution is 0.0927. The number of carbonyl (C=O) groups excluding carboxylic acids is 1. The van der Waals surface area contributed by atoms with E-state index in [0.29, 0.717) is 11.6 Å². The van der Waals surface area contributed by atoms with Crippen molar-refractivity contribution in [2.45, 2.75) is 63.8 Å². The maximum atomic E-state index is 12.3. The molecule has 3 rings (SSSR count). The lowest BCUT2D eigenvalue weighted by Crippen LogP contribution is -2.36. The first-order valence-corrected chi connectivity index (χ1v) is 8.85. The number of pyridine rings is 1. The molecule has 0 spiro atoms. The summed E-state index contributed by atoms with van der Waals surface area (Å²) in [6.07, 6.45) is 12.9. The number of nitrogens with one attached hydrogen (secondary N) is 1. The van der Waals surface area contributed by atoms with Crippen LogP contribution in [-0.2, 0) is 0 Å². The van der Waals surface area contributed by atoms with Gasteiger partial charge in [-0.25, -0.2) is 4.98 Å². The zero-order valence-corrected chi connectivity index (χ0v) is 13.4. The van der Waals surface area contributed by atoms with E-state index in [0.717, 1.165) is 31.7 Å². The Morgan fingerprint density at radius 3 is 2.32 bits per heavy atom. The first kappa shape index (κ1) is 15.3. The predicted octanol–water partition coefficient (Wildman–Crippen LogP) is 3.52. The summed E-state index contributed by atoms with van der Waals surface area (Å²) in [5, 5.41) is 3.15. The maximum Gasteiger partial charge on any atom is 0.253 e. The molecule has 2 aliphatic rings. The van der Waals surface area contributed by atoms with Gasteiger partial charge < -0.3 is 10.2 Å². The second kappa shape index (κ2) is 7.61. The molecule has 0 atom stereocenters. The van der Waals surface area contributed by atoms with E-state index in [9.17, 15) is 4.79 Å². The fourth-order valence-corrected chi connectivity index (χ4v) is 3.52. The van der Waals surface area contributed by atoms with Crippen LogP contribution in [0.4, 0.5) is 5.82 Å². The number of rotatable bonds is 3. The quantitative estimate of drug-likeness (QED) is 0.929. The summed E-state index contributed by atoms with van der Waals surface area (Å²) in [6, 6.07) is 4.28. The molecule has 0 bridgehead atoms. The third-order valence-electron chi connectivity index (χ3n) is 4.88. The Morgan fingerprint density at radius 2 is 1.68 bits per heavy atom. The number of hydrogen-bond donors (Lipinski definition) is 1. The first-order chi connectivity index (χ1) is 10.8. The van der Waals surface area contributed by atoms with Crippen LogP contribution < -0.4 is 10.2 Å². The molecule has 2 heterocycles. The van der Waals surface area contributed by atoms with Crippen molar-refractivity contribution < 1.29 is 4.79 Å². The second-order valence-corrected chi connectivity index (χ2v) is 6.61. The van der Waals surface area contributed by atoms with Gasteiger partial charge in [0.25, 0.3) is 5.91 Å². The van der Waals surface area contributed by atoms with Crippen molar-refractivity contribution in [1.29, 1.82) is 0 Å². The Morgan fingerprint density at radius 1 is 1.00 bits per heavy atom. The topological polar surface area (TPSA) is 45.2 Å². The summed E-state index contributed by atoms with van der Waals surface area (Å²) in [5.41, 5.74) is 0.684. The molecule has 1 saturated heterocycles. The van der Waals surface area contributed by atoms with Crippen LogP contribution in [-0.4, -0.2) is 30.0 Å². The zero-order valence-electron chi connectivity index (χ0n) is 13.4. The highest BCUT2D eigenvalue weighted by Crippen LogP contribution is 2.19. The van der Waals surface area contributed by atoms with Crippen LogP contribution >= 0.6 is 0 Å². The van der Waals surface area contributed by atoms with Crippen molar-refractivity contribution >= 4 is 11.7 Å². The van der Waals surface area contributed by atoms with Gasteiger partial charge >= 0.3 is 0 Å². The van der Waals surface area contributed by atoms with Crippen molar-refractivity contribution in [2.24, 2.45) is 0 Å². The number of carbonyl (C=O) groups is 1. The molecule has 1 aliphatic heterocycles. The third-order valence-corrected chi connectivity index (χ3v) is 4.88. The van der Waals surface area contributed by atoms with E-state index >= 15 is 0 Å². The highest BCUT2D eigenvalue weighted by atomic mass is 16.1. The molecule has 0 aromatic carbocycles. The zero-order chi connectivity index (χ0) is 15.2. The van der Waals surface area contributed by atoms with E-state index in [2.05, 4.69) is 15.2 Å². The Bertz CT molecular complexity index is 472. The van der Waals surface area contributed by atoms with E-state index < -0.39 is 0 Å². The molecule has 1 aromatic heterocycles. The monoisotopic (exact) mass is 301 g/mol. The number of amides is 1. The normalized spacial score (nSPS) is 20.5. The van der Waals surface area contributed by atoms with Crippen molar-refractivity contribution in [3.8, 4) is 0 Å². The van der Waals surface area contributed by atoms with E-state index in [-0.39, 0.29) is 5.91 Å². The molecule has 1 amide bonds.